The zero-order valence-electron chi connectivity index (χ0n) is 12.4. The lowest BCUT2D eigenvalue weighted by molar-refractivity contribution is 0.364. The number of nitrogens with zero attached hydrogens (tertiary/aromatic N) is 3. The van der Waals surface area contributed by atoms with Gasteiger partial charge in [0, 0.05) is 30.5 Å². The summed E-state index contributed by atoms with van der Waals surface area (Å²) in [5, 5.41) is 3.62. The second-order valence-electron chi connectivity index (χ2n) is 5.50. The van der Waals surface area contributed by atoms with E-state index in [9.17, 15) is 0 Å². The largest absolute Gasteiger partial charge is 0.336 e. The van der Waals surface area contributed by atoms with Crippen molar-refractivity contribution in [2.75, 3.05) is 18.0 Å². The van der Waals surface area contributed by atoms with E-state index in [1.165, 1.54) is 25.7 Å². The Morgan fingerprint density at radius 1 is 1.47 bits per heavy atom. The van der Waals surface area contributed by atoms with Crippen LogP contribution in [0.3, 0.4) is 0 Å². The summed E-state index contributed by atoms with van der Waals surface area (Å²) < 4.78 is 0. The fourth-order valence-corrected chi connectivity index (χ4v) is 2.81. The highest BCUT2D eigenvalue weighted by molar-refractivity contribution is 5.33. The van der Waals surface area contributed by atoms with E-state index in [-0.39, 0.29) is 0 Å². The van der Waals surface area contributed by atoms with Crippen LogP contribution in [0.1, 0.15) is 45.2 Å². The number of anilines is 1. The van der Waals surface area contributed by atoms with Crippen LogP contribution < -0.4 is 10.2 Å². The lowest BCUT2D eigenvalue weighted by Crippen LogP contribution is -2.52. The Morgan fingerprint density at radius 3 is 3.05 bits per heavy atom. The molecule has 2 heterocycles. The minimum absolute atomic E-state index is 0.490. The summed E-state index contributed by atoms with van der Waals surface area (Å²) in [7, 11) is 0. The monoisotopic (exact) mass is 262 g/mol. The summed E-state index contributed by atoms with van der Waals surface area (Å²) >= 11 is 0. The second kappa shape index (κ2) is 6.85. The van der Waals surface area contributed by atoms with Crippen molar-refractivity contribution >= 4 is 5.95 Å². The number of aryl methyl sites for hydroxylation is 1. The van der Waals surface area contributed by atoms with Crippen molar-refractivity contribution in [2.24, 2.45) is 0 Å². The number of hydrogen-bond acceptors (Lipinski definition) is 4. The van der Waals surface area contributed by atoms with Gasteiger partial charge in [-0.05, 0) is 52.1 Å². The highest BCUT2D eigenvalue weighted by atomic mass is 15.3. The zero-order chi connectivity index (χ0) is 13.7. The number of hydrogen-bond donors (Lipinski definition) is 1. The maximum atomic E-state index is 4.60. The standard InChI is InChI=1S/C15H26N4/c1-4-9-16-13(3)14-7-5-6-11-19(14)15-17-10-8-12(2)18-15/h8,10,13-14,16H,4-7,9,11H2,1-3H3. The van der Waals surface area contributed by atoms with Crippen molar-refractivity contribution in [1.29, 1.82) is 0 Å². The molecule has 4 nitrogen and oxygen atoms in total. The molecular formula is C15H26N4. The van der Waals surface area contributed by atoms with Gasteiger partial charge in [-0.3, -0.25) is 0 Å². The predicted octanol–water partition coefficient (Wildman–Crippen LogP) is 2.53. The summed E-state index contributed by atoms with van der Waals surface area (Å²) in [5.74, 6) is 0.898. The lowest BCUT2D eigenvalue weighted by Gasteiger charge is -2.39. The molecule has 0 saturated carbocycles. The third-order valence-electron chi connectivity index (χ3n) is 3.88. The topological polar surface area (TPSA) is 41.0 Å². The average molecular weight is 262 g/mol. The van der Waals surface area contributed by atoms with Crippen molar-refractivity contribution in [3.05, 3.63) is 18.0 Å². The van der Waals surface area contributed by atoms with Crippen molar-refractivity contribution in [3.8, 4) is 0 Å². The summed E-state index contributed by atoms with van der Waals surface area (Å²) in [6.07, 6.45) is 6.83. The number of rotatable bonds is 5. The van der Waals surface area contributed by atoms with Crippen molar-refractivity contribution in [2.45, 2.75) is 58.5 Å². The number of aromatic nitrogens is 2. The molecule has 2 atom stereocenters. The van der Waals surface area contributed by atoms with Gasteiger partial charge in [0.2, 0.25) is 5.95 Å². The van der Waals surface area contributed by atoms with Gasteiger partial charge in [0.25, 0.3) is 0 Å². The third kappa shape index (κ3) is 3.66. The molecule has 1 aromatic rings. The minimum atomic E-state index is 0.490. The second-order valence-corrected chi connectivity index (χ2v) is 5.50. The van der Waals surface area contributed by atoms with Crippen LogP contribution in [-0.2, 0) is 0 Å². The van der Waals surface area contributed by atoms with Crippen LogP contribution in [-0.4, -0.2) is 35.1 Å². The molecule has 0 radical (unpaired) electrons. The summed E-state index contributed by atoms with van der Waals surface area (Å²) in [5.41, 5.74) is 1.04. The van der Waals surface area contributed by atoms with Crippen LogP contribution in [0.2, 0.25) is 0 Å². The molecule has 1 aromatic heterocycles. The normalized spacial score (nSPS) is 21.4. The Morgan fingerprint density at radius 2 is 2.32 bits per heavy atom. The first-order chi connectivity index (χ1) is 9.22. The van der Waals surface area contributed by atoms with E-state index in [2.05, 4.69) is 34.0 Å². The zero-order valence-corrected chi connectivity index (χ0v) is 12.4. The number of nitrogens with one attached hydrogen (secondary N) is 1. The van der Waals surface area contributed by atoms with Crippen molar-refractivity contribution in [1.82, 2.24) is 15.3 Å². The van der Waals surface area contributed by atoms with Crippen molar-refractivity contribution in [3.63, 3.8) is 0 Å². The van der Waals surface area contributed by atoms with Gasteiger partial charge in [0.1, 0.15) is 0 Å². The molecule has 106 valence electrons. The third-order valence-corrected chi connectivity index (χ3v) is 3.88. The quantitative estimate of drug-likeness (QED) is 0.885. The first-order valence-corrected chi connectivity index (χ1v) is 7.52. The van der Waals surface area contributed by atoms with E-state index in [0.29, 0.717) is 12.1 Å². The molecule has 0 bridgehead atoms. The lowest BCUT2D eigenvalue weighted by atomic mass is 9.96. The van der Waals surface area contributed by atoms with Gasteiger partial charge in [-0.25, -0.2) is 9.97 Å². The Bertz CT molecular complexity index is 393. The first kappa shape index (κ1) is 14.3. The van der Waals surface area contributed by atoms with Crippen LogP contribution in [0.25, 0.3) is 0 Å². The molecule has 19 heavy (non-hydrogen) atoms. The van der Waals surface area contributed by atoms with Gasteiger partial charge in [0.05, 0.1) is 0 Å². The van der Waals surface area contributed by atoms with E-state index in [1.54, 1.807) is 0 Å². The van der Waals surface area contributed by atoms with Crippen LogP contribution in [0, 0.1) is 6.92 Å². The summed E-state index contributed by atoms with van der Waals surface area (Å²) in [4.78, 5) is 11.5. The first-order valence-electron chi connectivity index (χ1n) is 7.52. The maximum absolute atomic E-state index is 4.60. The van der Waals surface area contributed by atoms with Gasteiger partial charge in [-0.1, -0.05) is 6.92 Å². The van der Waals surface area contributed by atoms with Gasteiger partial charge < -0.3 is 10.2 Å². The Kier molecular flexibility index (Phi) is 5.14. The molecule has 1 saturated heterocycles. The molecule has 4 heteroatoms. The smallest absolute Gasteiger partial charge is 0.225 e. The Hall–Kier alpha value is -1.16. The molecule has 1 N–H and O–H groups in total. The molecule has 1 aliphatic rings. The van der Waals surface area contributed by atoms with E-state index in [0.717, 1.165) is 24.7 Å². The Labute approximate surface area is 116 Å². The predicted molar refractivity (Wildman–Crippen MR) is 79.5 cm³/mol. The van der Waals surface area contributed by atoms with E-state index in [4.69, 9.17) is 0 Å². The Balaban J connectivity index is 2.11. The van der Waals surface area contributed by atoms with Crippen LogP contribution >= 0.6 is 0 Å². The average Bonchev–Trinajstić information content (AvgIpc) is 2.45. The summed E-state index contributed by atoms with van der Waals surface area (Å²) in [6.45, 7) is 8.69. The van der Waals surface area contributed by atoms with Gasteiger partial charge in [-0.15, -0.1) is 0 Å². The van der Waals surface area contributed by atoms with Gasteiger partial charge in [-0.2, -0.15) is 0 Å². The molecule has 1 fully saturated rings. The minimum Gasteiger partial charge on any atom is -0.336 e. The van der Waals surface area contributed by atoms with Crippen molar-refractivity contribution < 1.29 is 0 Å². The molecular weight excluding hydrogens is 236 g/mol. The maximum Gasteiger partial charge on any atom is 0.225 e. The highest BCUT2D eigenvalue weighted by Crippen LogP contribution is 2.23. The molecule has 0 aliphatic carbocycles. The molecule has 1 aliphatic heterocycles. The fraction of sp³-hybridized carbons (Fsp3) is 0.733. The van der Waals surface area contributed by atoms with Crippen LogP contribution in [0.5, 0.6) is 0 Å². The van der Waals surface area contributed by atoms with Crippen LogP contribution in [0.4, 0.5) is 5.95 Å². The molecule has 2 unspecified atom stereocenters. The van der Waals surface area contributed by atoms with E-state index < -0.39 is 0 Å². The molecule has 2 rings (SSSR count). The van der Waals surface area contributed by atoms with Crippen LogP contribution in [0.15, 0.2) is 12.3 Å². The highest BCUT2D eigenvalue weighted by Gasteiger charge is 2.28. The summed E-state index contributed by atoms with van der Waals surface area (Å²) in [6, 6.07) is 2.97. The molecule has 0 aromatic carbocycles. The van der Waals surface area contributed by atoms with Gasteiger partial charge in [0.15, 0.2) is 0 Å². The number of piperidine rings is 1. The van der Waals surface area contributed by atoms with Gasteiger partial charge >= 0.3 is 0 Å². The van der Waals surface area contributed by atoms with E-state index >= 15 is 0 Å². The SMILES string of the molecule is CCCNC(C)C1CCCCN1c1nccc(C)n1. The van der Waals surface area contributed by atoms with E-state index in [1.807, 2.05) is 19.2 Å². The fourth-order valence-electron chi connectivity index (χ4n) is 2.81. The molecule has 0 amide bonds. The molecule has 0 spiro atoms.